The van der Waals surface area contributed by atoms with E-state index in [1.165, 1.54) is 0 Å². The minimum absolute atomic E-state index is 0.257. The van der Waals surface area contributed by atoms with Gasteiger partial charge in [-0.3, -0.25) is 0 Å². The maximum Gasteiger partial charge on any atom is 0.407 e. The van der Waals surface area contributed by atoms with Crippen molar-refractivity contribution in [2.24, 2.45) is 0 Å². The van der Waals surface area contributed by atoms with E-state index >= 15 is 0 Å². The maximum atomic E-state index is 11.8. The molecule has 1 aromatic rings. The zero-order valence-electron chi connectivity index (χ0n) is 11.2. The van der Waals surface area contributed by atoms with Gasteiger partial charge in [0.05, 0.1) is 13.2 Å². The van der Waals surface area contributed by atoms with Gasteiger partial charge in [-0.25, -0.2) is 9.59 Å². The Balaban J connectivity index is 2.69. The number of carbonyl (C=O) groups excluding carboxylic acids is 2. The normalized spacial score (nSPS) is 11.5. The summed E-state index contributed by atoms with van der Waals surface area (Å²) < 4.78 is 9.73. The molecule has 0 aliphatic rings. The number of hydrogen-bond acceptors (Lipinski definition) is 4. The predicted octanol–water partition coefficient (Wildman–Crippen LogP) is 1.91. The lowest BCUT2D eigenvalue weighted by Crippen LogP contribution is -2.43. The van der Waals surface area contributed by atoms with E-state index < -0.39 is 18.1 Å². The van der Waals surface area contributed by atoms with Crippen molar-refractivity contribution in [2.75, 3.05) is 13.2 Å². The molecule has 0 aromatic heterocycles. The Morgan fingerprint density at radius 1 is 1.11 bits per heavy atom. The number of benzene rings is 1. The molecule has 1 aromatic carbocycles. The molecule has 0 saturated carbocycles. The molecule has 1 N–H and O–H groups in total. The van der Waals surface area contributed by atoms with Gasteiger partial charge in [0, 0.05) is 6.42 Å². The molecule has 0 spiro atoms. The first-order chi connectivity index (χ1) is 9.17. The molecule has 5 heteroatoms. The van der Waals surface area contributed by atoms with Crippen LogP contribution in [0.15, 0.2) is 30.3 Å². The van der Waals surface area contributed by atoms with E-state index in [0.717, 1.165) is 5.56 Å². The molecular formula is C14H19NO4. The maximum absolute atomic E-state index is 11.8. The summed E-state index contributed by atoms with van der Waals surface area (Å²) in [5, 5.41) is 2.52. The first kappa shape index (κ1) is 15.0. The fraction of sp³-hybridized carbons (Fsp3) is 0.429. The van der Waals surface area contributed by atoms with E-state index in [-0.39, 0.29) is 13.2 Å². The molecule has 1 atom stereocenters. The van der Waals surface area contributed by atoms with Gasteiger partial charge in [-0.05, 0) is 19.4 Å². The van der Waals surface area contributed by atoms with E-state index in [1.807, 2.05) is 30.3 Å². The van der Waals surface area contributed by atoms with Crippen molar-refractivity contribution in [3.8, 4) is 0 Å². The monoisotopic (exact) mass is 265 g/mol. The molecule has 0 radical (unpaired) electrons. The smallest absolute Gasteiger partial charge is 0.407 e. The Bertz CT molecular complexity index is 405. The summed E-state index contributed by atoms with van der Waals surface area (Å²) in [6, 6.07) is 8.69. The zero-order valence-corrected chi connectivity index (χ0v) is 11.2. The van der Waals surface area contributed by atoms with Crippen LogP contribution in [0.25, 0.3) is 0 Å². The minimum Gasteiger partial charge on any atom is -0.464 e. The van der Waals surface area contributed by atoms with Crippen LogP contribution in [0.4, 0.5) is 4.79 Å². The predicted molar refractivity (Wildman–Crippen MR) is 70.7 cm³/mol. The van der Waals surface area contributed by atoms with Crippen molar-refractivity contribution in [3.63, 3.8) is 0 Å². The molecule has 5 nitrogen and oxygen atoms in total. The van der Waals surface area contributed by atoms with Crippen LogP contribution in [0, 0.1) is 0 Å². The van der Waals surface area contributed by atoms with Crippen LogP contribution in [0.2, 0.25) is 0 Å². The van der Waals surface area contributed by atoms with Gasteiger partial charge in [0.2, 0.25) is 0 Å². The molecule has 104 valence electrons. The van der Waals surface area contributed by atoms with Gasteiger partial charge in [0.15, 0.2) is 0 Å². The van der Waals surface area contributed by atoms with Crippen LogP contribution in [0.3, 0.4) is 0 Å². The summed E-state index contributed by atoms with van der Waals surface area (Å²) in [5.41, 5.74) is 0.942. The number of alkyl carbamates (subject to hydrolysis) is 1. The molecule has 0 fully saturated rings. The van der Waals surface area contributed by atoms with Crippen LogP contribution in [-0.2, 0) is 20.7 Å². The van der Waals surface area contributed by atoms with Crippen molar-refractivity contribution < 1.29 is 19.1 Å². The number of hydrogen-bond donors (Lipinski definition) is 1. The summed E-state index contributed by atoms with van der Waals surface area (Å²) in [6.07, 6.45) is -0.241. The van der Waals surface area contributed by atoms with Gasteiger partial charge in [-0.1, -0.05) is 30.3 Å². The summed E-state index contributed by atoms with van der Waals surface area (Å²) in [4.78, 5) is 23.2. The molecule has 0 aliphatic carbocycles. The fourth-order valence-corrected chi connectivity index (χ4v) is 1.60. The quantitative estimate of drug-likeness (QED) is 0.798. The van der Waals surface area contributed by atoms with Gasteiger partial charge in [0.25, 0.3) is 0 Å². The standard InChI is InChI=1S/C14H19NO4/c1-3-18-13(16)12(15-14(17)19-4-2)10-11-8-6-5-7-9-11/h5-9,12H,3-4,10H2,1-2H3,(H,15,17). The molecule has 0 heterocycles. The fourth-order valence-electron chi connectivity index (χ4n) is 1.60. The third-order valence-corrected chi connectivity index (χ3v) is 2.42. The number of nitrogens with one attached hydrogen (secondary N) is 1. The van der Waals surface area contributed by atoms with Crippen LogP contribution in [0.5, 0.6) is 0 Å². The number of amides is 1. The Labute approximate surface area is 112 Å². The number of rotatable bonds is 6. The highest BCUT2D eigenvalue weighted by molar-refractivity contribution is 5.81. The first-order valence-corrected chi connectivity index (χ1v) is 6.31. The zero-order chi connectivity index (χ0) is 14.1. The van der Waals surface area contributed by atoms with Crippen LogP contribution in [-0.4, -0.2) is 31.3 Å². The summed E-state index contributed by atoms with van der Waals surface area (Å²) >= 11 is 0. The van der Waals surface area contributed by atoms with Gasteiger partial charge in [-0.2, -0.15) is 0 Å². The third-order valence-electron chi connectivity index (χ3n) is 2.42. The lowest BCUT2D eigenvalue weighted by Gasteiger charge is -2.17. The van der Waals surface area contributed by atoms with Crippen molar-refractivity contribution in [1.29, 1.82) is 0 Å². The lowest BCUT2D eigenvalue weighted by atomic mass is 10.1. The third kappa shape index (κ3) is 5.42. The van der Waals surface area contributed by atoms with Crippen molar-refractivity contribution in [3.05, 3.63) is 35.9 Å². The SMILES string of the molecule is CCOC(=O)NC(Cc1ccccc1)C(=O)OCC. The van der Waals surface area contributed by atoms with E-state index in [4.69, 9.17) is 9.47 Å². The number of carbonyl (C=O) groups is 2. The Morgan fingerprint density at radius 2 is 1.74 bits per heavy atom. The molecule has 0 bridgehead atoms. The second kappa shape index (κ2) is 8.13. The topological polar surface area (TPSA) is 64.6 Å². The van der Waals surface area contributed by atoms with Crippen LogP contribution >= 0.6 is 0 Å². The van der Waals surface area contributed by atoms with Crippen LogP contribution < -0.4 is 5.32 Å². The van der Waals surface area contributed by atoms with Gasteiger partial charge >= 0.3 is 12.1 Å². The highest BCUT2D eigenvalue weighted by atomic mass is 16.6. The van der Waals surface area contributed by atoms with Crippen LogP contribution in [0.1, 0.15) is 19.4 Å². The Kier molecular flexibility index (Phi) is 6.43. The molecule has 1 amide bonds. The highest BCUT2D eigenvalue weighted by Gasteiger charge is 2.22. The molecule has 0 aliphatic heterocycles. The summed E-state index contributed by atoms with van der Waals surface area (Å²) in [5.74, 6) is -0.459. The van der Waals surface area contributed by atoms with Crippen molar-refractivity contribution >= 4 is 12.1 Å². The van der Waals surface area contributed by atoms with E-state index in [1.54, 1.807) is 13.8 Å². The average Bonchev–Trinajstić information content (AvgIpc) is 2.40. The van der Waals surface area contributed by atoms with Gasteiger partial charge < -0.3 is 14.8 Å². The minimum atomic E-state index is -0.735. The van der Waals surface area contributed by atoms with Crippen molar-refractivity contribution in [1.82, 2.24) is 5.32 Å². The molecule has 19 heavy (non-hydrogen) atoms. The second-order valence-corrected chi connectivity index (χ2v) is 3.86. The van der Waals surface area contributed by atoms with Gasteiger partial charge in [-0.15, -0.1) is 0 Å². The summed E-state index contributed by atoms with van der Waals surface area (Å²) in [6.45, 7) is 3.96. The molecule has 1 rings (SSSR count). The number of ether oxygens (including phenoxy) is 2. The van der Waals surface area contributed by atoms with E-state index in [0.29, 0.717) is 6.42 Å². The van der Waals surface area contributed by atoms with E-state index in [9.17, 15) is 9.59 Å². The lowest BCUT2D eigenvalue weighted by molar-refractivity contribution is -0.145. The molecular weight excluding hydrogens is 246 g/mol. The second-order valence-electron chi connectivity index (χ2n) is 3.86. The average molecular weight is 265 g/mol. The van der Waals surface area contributed by atoms with E-state index in [2.05, 4.69) is 5.32 Å². The Hall–Kier alpha value is -2.04. The number of esters is 1. The van der Waals surface area contributed by atoms with Crippen molar-refractivity contribution in [2.45, 2.75) is 26.3 Å². The highest BCUT2D eigenvalue weighted by Crippen LogP contribution is 2.05. The first-order valence-electron chi connectivity index (χ1n) is 6.31. The summed E-state index contributed by atoms with van der Waals surface area (Å²) in [7, 11) is 0. The van der Waals surface area contributed by atoms with Gasteiger partial charge in [0.1, 0.15) is 6.04 Å². The Morgan fingerprint density at radius 3 is 2.32 bits per heavy atom. The largest absolute Gasteiger partial charge is 0.464 e. The molecule has 1 unspecified atom stereocenters. The molecule has 0 saturated heterocycles.